The maximum absolute atomic E-state index is 10.8. The van der Waals surface area contributed by atoms with Crippen LogP contribution < -0.4 is 5.73 Å². The second kappa shape index (κ2) is 5.38. The molecule has 0 saturated heterocycles. The van der Waals surface area contributed by atoms with Crippen LogP contribution in [0.25, 0.3) is 0 Å². The third kappa shape index (κ3) is 4.31. The van der Waals surface area contributed by atoms with Crippen molar-refractivity contribution in [2.75, 3.05) is 5.75 Å². The summed E-state index contributed by atoms with van der Waals surface area (Å²) in [5.74, 6) is -0.419. The van der Waals surface area contributed by atoms with E-state index in [0.29, 0.717) is 5.75 Å². The van der Waals surface area contributed by atoms with Gasteiger partial charge in [0.15, 0.2) is 0 Å². The van der Waals surface area contributed by atoms with E-state index in [-0.39, 0.29) is 5.92 Å². The molecule has 0 bridgehead atoms. The lowest BCUT2D eigenvalue weighted by Crippen LogP contribution is -2.48. The SMILES string of the molecule is CC(C)C(C)(O)CSC(C)(C)[C@@H](N)C(=O)O. The largest absolute Gasteiger partial charge is 0.480 e. The summed E-state index contributed by atoms with van der Waals surface area (Å²) in [5, 5.41) is 18.9. The third-order valence-corrected chi connectivity index (χ3v) is 4.72. The van der Waals surface area contributed by atoms with E-state index in [2.05, 4.69) is 0 Å². The Labute approximate surface area is 102 Å². The van der Waals surface area contributed by atoms with Crippen LogP contribution in [-0.4, -0.2) is 38.3 Å². The molecule has 0 aliphatic rings. The highest BCUT2D eigenvalue weighted by Gasteiger charge is 2.35. The average Bonchev–Trinajstić information content (AvgIpc) is 2.13. The number of hydrogen-bond acceptors (Lipinski definition) is 4. The Morgan fingerprint density at radius 2 is 1.81 bits per heavy atom. The molecule has 0 aliphatic heterocycles. The monoisotopic (exact) mass is 249 g/mol. The van der Waals surface area contributed by atoms with E-state index < -0.39 is 22.4 Å². The molecular formula is C11H23NO3S. The van der Waals surface area contributed by atoms with E-state index in [4.69, 9.17) is 10.8 Å². The molecule has 0 spiro atoms. The number of carboxylic acids is 1. The second-order valence-electron chi connectivity index (χ2n) is 5.22. The van der Waals surface area contributed by atoms with Gasteiger partial charge in [-0.1, -0.05) is 13.8 Å². The van der Waals surface area contributed by atoms with Crippen molar-refractivity contribution >= 4 is 17.7 Å². The van der Waals surface area contributed by atoms with Crippen LogP contribution in [0.15, 0.2) is 0 Å². The quantitative estimate of drug-likeness (QED) is 0.661. The smallest absolute Gasteiger partial charge is 0.321 e. The number of carbonyl (C=O) groups is 1. The van der Waals surface area contributed by atoms with E-state index >= 15 is 0 Å². The molecule has 0 heterocycles. The zero-order valence-corrected chi connectivity index (χ0v) is 11.5. The van der Waals surface area contributed by atoms with Crippen molar-refractivity contribution in [2.24, 2.45) is 11.7 Å². The molecule has 0 aliphatic carbocycles. The normalized spacial score (nSPS) is 18.2. The minimum absolute atomic E-state index is 0.122. The molecular weight excluding hydrogens is 226 g/mol. The summed E-state index contributed by atoms with van der Waals surface area (Å²) >= 11 is 1.39. The number of carboxylic acid groups (broad SMARTS) is 1. The second-order valence-corrected chi connectivity index (χ2v) is 6.85. The lowest BCUT2D eigenvalue weighted by atomic mass is 9.95. The first-order valence-corrected chi connectivity index (χ1v) is 6.34. The van der Waals surface area contributed by atoms with Crippen molar-refractivity contribution in [3.63, 3.8) is 0 Å². The third-order valence-electron chi connectivity index (χ3n) is 3.00. The molecule has 0 amide bonds. The summed E-state index contributed by atoms with van der Waals surface area (Å²) in [6.07, 6.45) is 0. The molecule has 0 aromatic rings. The molecule has 16 heavy (non-hydrogen) atoms. The van der Waals surface area contributed by atoms with Crippen LogP contribution in [0.3, 0.4) is 0 Å². The molecule has 4 N–H and O–H groups in total. The predicted molar refractivity (Wildman–Crippen MR) is 67.6 cm³/mol. The number of hydrogen-bond donors (Lipinski definition) is 3. The van der Waals surface area contributed by atoms with Crippen LogP contribution in [0.2, 0.25) is 0 Å². The predicted octanol–water partition coefficient (Wildman–Crippen LogP) is 1.32. The standard InChI is InChI=1S/C11H23NO3S/c1-7(2)11(5,15)6-16-10(3,4)8(12)9(13)14/h7-8,15H,6,12H2,1-5H3,(H,13,14)/t8-,11?/m0/s1. The minimum Gasteiger partial charge on any atom is -0.480 e. The van der Waals surface area contributed by atoms with E-state index in [0.717, 1.165) is 0 Å². The van der Waals surface area contributed by atoms with Crippen LogP contribution in [0.4, 0.5) is 0 Å². The van der Waals surface area contributed by atoms with Gasteiger partial charge < -0.3 is 15.9 Å². The topological polar surface area (TPSA) is 83.5 Å². The van der Waals surface area contributed by atoms with Crippen molar-refractivity contribution in [3.05, 3.63) is 0 Å². The van der Waals surface area contributed by atoms with Crippen molar-refractivity contribution in [1.82, 2.24) is 0 Å². The van der Waals surface area contributed by atoms with Crippen LogP contribution >= 0.6 is 11.8 Å². The molecule has 0 rings (SSSR count). The molecule has 0 saturated carbocycles. The van der Waals surface area contributed by atoms with E-state index in [1.54, 1.807) is 20.8 Å². The summed E-state index contributed by atoms with van der Waals surface area (Å²) in [5.41, 5.74) is 4.79. The van der Waals surface area contributed by atoms with Gasteiger partial charge in [0.1, 0.15) is 6.04 Å². The van der Waals surface area contributed by atoms with Crippen molar-refractivity contribution in [2.45, 2.75) is 51.0 Å². The molecule has 5 heteroatoms. The first-order chi connectivity index (χ1) is 7.00. The van der Waals surface area contributed by atoms with Crippen molar-refractivity contribution in [1.29, 1.82) is 0 Å². The number of aliphatic carboxylic acids is 1. The van der Waals surface area contributed by atoms with Gasteiger partial charge in [-0.3, -0.25) is 4.79 Å². The summed E-state index contributed by atoms with van der Waals surface area (Å²) in [6, 6.07) is -0.930. The number of aliphatic hydroxyl groups is 1. The number of thioether (sulfide) groups is 1. The van der Waals surface area contributed by atoms with Gasteiger partial charge in [0, 0.05) is 10.5 Å². The maximum Gasteiger partial charge on any atom is 0.321 e. The fourth-order valence-corrected chi connectivity index (χ4v) is 2.16. The Balaban J connectivity index is 4.45. The highest BCUT2D eigenvalue weighted by atomic mass is 32.2. The Kier molecular flexibility index (Phi) is 5.29. The van der Waals surface area contributed by atoms with Gasteiger partial charge >= 0.3 is 5.97 Å². The Morgan fingerprint density at radius 3 is 2.12 bits per heavy atom. The van der Waals surface area contributed by atoms with Crippen LogP contribution in [0.5, 0.6) is 0 Å². The minimum atomic E-state index is -1.01. The fourth-order valence-electron chi connectivity index (χ4n) is 0.886. The molecule has 0 aromatic heterocycles. The molecule has 1 unspecified atom stereocenters. The van der Waals surface area contributed by atoms with Crippen LogP contribution in [0.1, 0.15) is 34.6 Å². The van der Waals surface area contributed by atoms with Gasteiger partial charge in [-0.05, 0) is 26.7 Å². The fraction of sp³-hybridized carbons (Fsp3) is 0.909. The average molecular weight is 249 g/mol. The van der Waals surface area contributed by atoms with Crippen LogP contribution in [0, 0.1) is 5.92 Å². The summed E-state index contributed by atoms with van der Waals surface area (Å²) in [6.45, 7) is 9.20. The summed E-state index contributed by atoms with van der Waals surface area (Å²) in [7, 11) is 0. The highest BCUT2D eigenvalue weighted by Crippen LogP contribution is 2.32. The maximum atomic E-state index is 10.8. The number of rotatable bonds is 6. The first-order valence-electron chi connectivity index (χ1n) is 5.35. The Bertz CT molecular complexity index is 252. The van der Waals surface area contributed by atoms with Gasteiger partial charge in [0.05, 0.1) is 5.60 Å². The van der Waals surface area contributed by atoms with E-state index in [1.165, 1.54) is 11.8 Å². The molecule has 4 nitrogen and oxygen atoms in total. The molecule has 2 atom stereocenters. The molecule has 0 fully saturated rings. The Morgan fingerprint density at radius 1 is 1.38 bits per heavy atom. The Hall–Kier alpha value is -0.260. The van der Waals surface area contributed by atoms with E-state index in [1.807, 2.05) is 13.8 Å². The molecule has 0 aromatic carbocycles. The summed E-state index contributed by atoms with van der Waals surface area (Å²) < 4.78 is -0.593. The van der Waals surface area contributed by atoms with Crippen molar-refractivity contribution < 1.29 is 15.0 Å². The van der Waals surface area contributed by atoms with Gasteiger partial charge in [0.2, 0.25) is 0 Å². The molecule has 96 valence electrons. The zero-order chi connectivity index (χ0) is 13.1. The first kappa shape index (κ1) is 15.7. The lowest BCUT2D eigenvalue weighted by molar-refractivity contribution is -0.139. The van der Waals surface area contributed by atoms with Gasteiger partial charge in [-0.15, -0.1) is 0 Å². The van der Waals surface area contributed by atoms with Crippen LogP contribution in [-0.2, 0) is 4.79 Å². The van der Waals surface area contributed by atoms with Gasteiger partial charge in [0.25, 0.3) is 0 Å². The van der Waals surface area contributed by atoms with Gasteiger partial charge in [-0.25, -0.2) is 0 Å². The number of nitrogens with two attached hydrogens (primary N) is 1. The van der Waals surface area contributed by atoms with Gasteiger partial charge in [-0.2, -0.15) is 11.8 Å². The van der Waals surface area contributed by atoms with E-state index in [9.17, 15) is 9.90 Å². The summed E-state index contributed by atoms with van der Waals surface area (Å²) in [4.78, 5) is 10.8. The lowest BCUT2D eigenvalue weighted by Gasteiger charge is -2.34. The van der Waals surface area contributed by atoms with Crippen molar-refractivity contribution in [3.8, 4) is 0 Å². The molecule has 0 radical (unpaired) electrons. The highest BCUT2D eigenvalue weighted by molar-refractivity contribution is 8.00. The zero-order valence-electron chi connectivity index (χ0n) is 10.7.